The Morgan fingerprint density at radius 3 is 2.76 bits per heavy atom. The molecule has 6 nitrogen and oxygen atoms in total. The monoisotopic (exact) mass is 233 g/mol. The highest BCUT2D eigenvalue weighted by atomic mass is 16.6. The van der Waals surface area contributed by atoms with Crippen molar-refractivity contribution in [3.63, 3.8) is 0 Å². The number of aliphatic carboxylic acids is 1. The van der Waals surface area contributed by atoms with Gasteiger partial charge in [0, 0.05) is 11.6 Å². The predicted octanol–water partition coefficient (Wildman–Crippen LogP) is 1.23. The fraction of sp³-hybridized carbons (Fsp3) is 0.0909. The maximum Gasteiger partial charge on any atom is 0.315 e. The minimum Gasteiger partial charge on any atom is -0.481 e. The first-order chi connectivity index (χ1) is 8.04. The summed E-state index contributed by atoms with van der Waals surface area (Å²) >= 11 is 0. The Morgan fingerprint density at radius 1 is 1.53 bits per heavy atom. The zero-order valence-corrected chi connectivity index (χ0v) is 8.54. The molecule has 0 atom stereocenters. The maximum absolute atomic E-state index is 10.6. The molecule has 0 aromatic heterocycles. The van der Waals surface area contributed by atoms with Crippen LogP contribution in [0.1, 0.15) is 22.3 Å². The van der Waals surface area contributed by atoms with Gasteiger partial charge in [-0.15, -0.1) is 0 Å². The fourth-order valence-electron chi connectivity index (χ4n) is 1.11. The molecule has 0 bridgehead atoms. The van der Waals surface area contributed by atoms with Crippen LogP contribution in [0.15, 0.2) is 18.2 Å². The van der Waals surface area contributed by atoms with Crippen LogP contribution in [0.3, 0.4) is 0 Å². The van der Waals surface area contributed by atoms with Crippen molar-refractivity contribution in [2.45, 2.75) is 6.42 Å². The van der Waals surface area contributed by atoms with E-state index in [0.29, 0.717) is 11.8 Å². The van der Waals surface area contributed by atoms with E-state index in [4.69, 9.17) is 5.11 Å². The van der Waals surface area contributed by atoms with Crippen molar-refractivity contribution in [1.82, 2.24) is 0 Å². The van der Waals surface area contributed by atoms with Crippen LogP contribution in [0.25, 0.3) is 0 Å². The van der Waals surface area contributed by atoms with E-state index >= 15 is 0 Å². The van der Waals surface area contributed by atoms with Gasteiger partial charge in [-0.3, -0.25) is 19.7 Å². The third-order valence-corrected chi connectivity index (χ3v) is 1.82. The van der Waals surface area contributed by atoms with Gasteiger partial charge in [0.1, 0.15) is 6.42 Å². The zero-order valence-electron chi connectivity index (χ0n) is 8.54. The van der Waals surface area contributed by atoms with E-state index in [2.05, 4.69) is 11.8 Å². The lowest BCUT2D eigenvalue weighted by molar-refractivity contribution is -0.385. The molecule has 0 spiro atoms. The number of hydrogen-bond donors (Lipinski definition) is 1. The first-order valence-corrected chi connectivity index (χ1v) is 4.49. The summed E-state index contributed by atoms with van der Waals surface area (Å²) < 4.78 is 0. The highest BCUT2D eigenvalue weighted by Crippen LogP contribution is 2.17. The summed E-state index contributed by atoms with van der Waals surface area (Å²) in [6, 6.07) is 3.77. The highest BCUT2D eigenvalue weighted by Gasteiger charge is 2.12. The summed E-state index contributed by atoms with van der Waals surface area (Å²) in [5.41, 5.74) is -0.0279. The molecule has 17 heavy (non-hydrogen) atoms. The first kappa shape index (κ1) is 12.4. The average Bonchev–Trinajstić information content (AvgIpc) is 2.28. The molecule has 0 amide bonds. The summed E-state index contributed by atoms with van der Waals surface area (Å²) in [7, 11) is 0. The Hall–Kier alpha value is -2.68. The van der Waals surface area contributed by atoms with Gasteiger partial charge < -0.3 is 5.11 Å². The summed E-state index contributed by atoms with van der Waals surface area (Å²) in [6.07, 6.45) is 0.0356. The number of carbonyl (C=O) groups is 2. The van der Waals surface area contributed by atoms with Gasteiger partial charge >= 0.3 is 5.97 Å². The number of carboxylic acid groups (broad SMARTS) is 1. The number of nitro benzene ring substituents is 1. The molecule has 0 aliphatic rings. The summed E-state index contributed by atoms with van der Waals surface area (Å²) in [5, 5.41) is 18.9. The van der Waals surface area contributed by atoms with Crippen LogP contribution in [0.4, 0.5) is 5.69 Å². The van der Waals surface area contributed by atoms with Gasteiger partial charge in [0.15, 0.2) is 6.29 Å². The van der Waals surface area contributed by atoms with Gasteiger partial charge in [-0.05, 0) is 12.1 Å². The maximum atomic E-state index is 10.6. The molecule has 0 aliphatic heterocycles. The Balaban J connectivity index is 3.04. The SMILES string of the molecule is O=Cc1cc(C#CCC(=O)O)ccc1[N+](=O)[O-]. The van der Waals surface area contributed by atoms with Crippen molar-refractivity contribution in [3.05, 3.63) is 39.4 Å². The smallest absolute Gasteiger partial charge is 0.315 e. The number of nitrogens with zero attached hydrogens (tertiary/aromatic N) is 1. The molecule has 1 N–H and O–H groups in total. The molecule has 0 heterocycles. The van der Waals surface area contributed by atoms with Gasteiger partial charge in [-0.2, -0.15) is 0 Å². The van der Waals surface area contributed by atoms with Crippen LogP contribution in [0.2, 0.25) is 0 Å². The Labute approximate surface area is 96.0 Å². The molecule has 0 fully saturated rings. The molecule has 0 unspecified atom stereocenters. The molecule has 0 saturated heterocycles. The molecule has 6 heteroatoms. The van der Waals surface area contributed by atoms with E-state index in [9.17, 15) is 19.7 Å². The largest absolute Gasteiger partial charge is 0.481 e. The third-order valence-electron chi connectivity index (χ3n) is 1.82. The van der Waals surface area contributed by atoms with E-state index in [-0.39, 0.29) is 17.7 Å². The lowest BCUT2D eigenvalue weighted by Crippen LogP contribution is -1.95. The van der Waals surface area contributed by atoms with Crippen LogP contribution in [0.5, 0.6) is 0 Å². The van der Waals surface area contributed by atoms with E-state index in [1.165, 1.54) is 12.1 Å². The van der Waals surface area contributed by atoms with Gasteiger partial charge in [0.05, 0.1) is 10.5 Å². The first-order valence-electron chi connectivity index (χ1n) is 4.49. The number of hydrogen-bond acceptors (Lipinski definition) is 4. The molecule has 1 rings (SSSR count). The van der Waals surface area contributed by atoms with Crippen molar-refractivity contribution < 1.29 is 19.6 Å². The topological polar surface area (TPSA) is 97.5 Å². The van der Waals surface area contributed by atoms with Crippen LogP contribution < -0.4 is 0 Å². The molecule has 86 valence electrons. The normalized spacial score (nSPS) is 8.94. The number of nitro groups is 1. The van der Waals surface area contributed by atoms with Crippen molar-refractivity contribution in [1.29, 1.82) is 0 Å². The summed E-state index contributed by atoms with van der Waals surface area (Å²) in [5.74, 6) is 3.81. The minimum absolute atomic E-state index is 0.0860. The van der Waals surface area contributed by atoms with E-state index < -0.39 is 10.9 Å². The van der Waals surface area contributed by atoms with Crippen molar-refractivity contribution >= 4 is 17.9 Å². The summed E-state index contributed by atoms with van der Waals surface area (Å²) in [4.78, 5) is 30.7. The van der Waals surface area contributed by atoms with E-state index in [0.717, 1.165) is 6.07 Å². The molecular formula is C11H7NO5. The summed E-state index contributed by atoms with van der Waals surface area (Å²) in [6.45, 7) is 0. The minimum atomic E-state index is -1.06. The van der Waals surface area contributed by atoms with E-state index in [1.807, 2.05) is 0 Å². The quantitative estimate of drug-likeness (QED) is 0.366. The van der Waals surface area contributed by atoms with Gasteiger partial charge in [-0.25, -0.2) is 0 Å². The lowest BCUT2D eigenvalue weighted by atomic mass is 10.1. The molecule has 0 radical (unpaired) electrons. The second kappa shape index (κ2) is 5.42. The lowest BCUT2D eigenvalue weighted by Gasteiger charge is -1.96. The van der Waals surface area contributed by atoms with Crippen LogP contribution in [-0.2, 0) is 4.79 Å². The highest BCUT2D eigenvalue weighted by molar-refractivity contribution is 5.82. The standard InChI is InChI=1S/C11H7NO5/c13-7-9-6-8(2-1-3-11(14)15)4-5-10(9)12(16)17/h4-7H,3H2,(H,14,15). The van der Waals surface area contributed by atoms with Gasteiger partial charge in [0.2, 0.25) is 0 Å². The third kappa shape index (κ3) is 3.43. The molecule has 1 aromatic carbocycles. The predicted molar refractivity (Wildman–Crippen MR) is 57.6 cm³/mol. The Bertz CT molecular complexity index is 539. The number of aldehydes is 1. The second-order valence-corrected chi connectivity index (χ2v) is 3.02. The second-order valence-electron chi connectivity index (χ2n) is 3.02. The van der Waals surface area contributed by atoms with Crippen molar-refractivity contribution in [2.75, 3.05) is 0 Å². The van der Waals surface area contributed by atoms with Gasteiger partial charge in [-0.1, -0.05) is 11.8 Å². The Morgan fingerprint density at radius 2 is 2.24 bits per heavy atom. The van der Waals surface area contributed by atoms with Crippen molar-refractivity contribution in [3.8, 4) is 11.8 Å². The van der Waals surface area contributed by atoms with E-state index in [1.54, 1.807) is 0 Å². The molecule has 1 aromatic rings. The molecular weight excluding hydrogens is 226 g/mol. The van der Waals surface area contributed by atoms with Crippen LogP contribution in [-0.4, -0.2) is 22.3 Å². The number of carboxylic acids is 1. The number of benzene rings is 1. The van der Waals surface area contributed by atoms with Crippen LogP contribution >= 0.6 is 0 Å². The molecule has 0 aliphatic carbocycles. The zero-order chi connectivity index (χ0) is 12.8. The molecule has 0 saturated carbocycles. The average molecular weight is 233 g/mol. The van der Waals surface area contributed by atoms with Crippen LogP contribution in [0, 0.1) is 22.0 Å². The fourth-order valence-corrected chi connectivity index (χ4v) is 1.11. The van der Waals surface area contributed by atoms with Gasteiger partial charge in [0.25, 0.3) is 5.69 Å². The number of rotatable bonds is 3. The number of carbonyl (C=O) groups excluding carboxylic acids is 1. The van der Waals surface area contributed by atoms with Crippen molar-refractivity contribution in [2.24, 2.45) is 0 Å². The Kier molecular flexibility index (Phi) is 3.95.